The predicted molar refractivity (Wildman–Crippen MR) is 76.9 cm³/mol. The molecule has 11 heteroatoms. The number of amides is 3. The molecule has 0 saturated carbocycles. The Morgan fingerprint density at radius 3 is 2.12 bits per heavy atom. The van der Waals surface area contributed by atoms with Crippen LogP contribution in [0.15, 0.2) is 0 Å². The van der Waals surface area contributed by atoms with E-state index in [2.05, 4.69) is 5.32 Å². The van der Waals surface area contributed by atoms with E-state index in [0.29, 0.717) is 0 Å². The molecule has 4 N–H and O–H groups in total. The molecule has 0 bridgehead atoms. The van der Waals surface area contributed by atoms with Gasteiger partial charge in [0.1, 0.15) is 5.60 Å². The summed E-state index contributed by atoms with van der Waals surface area (Å²) in [6, 6.07) is -1.97. The minimum atomic E-state index is -4.75. The number of aliphatic hydroxyl groups excluding tert-OH is 1. The van der Waals surface area contributed by atoms with Crippen molar-refractivity contribution in [2.75, 3.05) is 13.6 Å². The van der Waals surface area contributed by atoms with Gasteiger partial charge in [-0.05, 0) is 20.8 Å². The highest BCUT2D eigenvalue weighted by molar-refractivity contribution is 5.87. The van der Waals surface area contributed by atoms with Gasteiger partial charge in [0.15, 0.2) is 6.10 Å². The fraction of sp³-hybridized carbons (Fsp3) is 0.769. The third kappa shape index (κ3) is 9.87. The summed E-state index contributed by atoms with van der Waals surface area (Å²) in [4.78, 5) is 34.2. The Morgan fingerprint density at radius 2 is 1.71 bits per heavy atom. The SMILES string of the molecule is CNC(=O)CNC(=O)C(O)C(CC(F)(F)F)NC(=O)OC(C)(C)C. The van der Waals surface area contributed by atoms with Crippen LogP contribution in [-0.2, 0) is 14.3 Å². The third-order valence-electron chi connectivity index (χ3n) is 2.51. The number of aliphatic hydroxyl groups is 1. The van der Waals surface area contributed by atoms with Gasteiger partial charge in [0.05, 0.1) is 19.0 Å². The van der Waals surface area contributed by atoms with E-state index in [4.69, 9.17) is 4.74 Å². The minimum Gasteiger partial charge on any atom is -0.444 e. The summed E-state index contributed by atoms with van der Waals surface area (Å²) in [7, 11) is 1.29. The zero-order chi connectivity index (χ0) is 19.1. The van der Waals surface area contributed by atoms with E-state index in [9.17, 15) is 32.7 Å². The molecule has 0 aromatic rings. The van der Waals surface area contributed by atoms with E-state index >= 15 is 0 Å². The Morgan fingerprint density at radius 1 is 1.17 bits per heavy atom. The molecule has 0 aromatic heterocycles. The Kier molecular flexibility index (Phi) is 7.97. The van der Waals surface area contributed by atoms with Crippen LogP contribution in [0.25, 0.3) is 0 Å². The molecule has 24 heavy (non-hydrogen) atoms. The van der Waals surface area contributed by atoms with Crippen LogP contribution in [-0.4, -0.2) is 60.5 Å². The zero-order valence-corrected chi connectivity index (χ0v) is 13.8. The van der Waals surface area contributed by atoms with E-state index in [1.807, 2.05) is 10.6 Å². The fourth-order valence-corrected chi connectivity index (χ4v) is 1.49. The van der Waals surface area contributed by atoms with Gasteiger partial charge >= 0.3 is 12.3 Å². The minimum absolute atomic E-state index is 0.530. The number of alkyl carbamates (subject to hydrolysis) is 1. The highest BCUT2D eigenvalue weighted by atomic mass is 19.4. The molecular formula is C13H22F3N3O5. The second-order valence-corrected chi connectivity index (χ2v) is 5.91. The number of alkyl halides is 3. The quantitative estimate of drug-likeness (QED) is 0.536. The maximum absolute atomic E-state index is 12.6. The summed E-state index contributed by atoms with van der Waals surface area (Å²) < 4.78 is 42.6. The summed E-state index contributed by atoms with van der Waals surface area (Å²) in [6.07, 6.45) is -9.83. The van der Waals surface area contributed by atoms with E-state index < -0.39 is 54.8 Å². The Hall–Kier alpha value is -2.04. The van der Waals surface area contributed by atoms with Crippen molar-refractivity contribution >= 4 is 17.9 Å². The van der Waals surface area contributed by atoms with Crippen molar-refractivity contribution in [1.82, 2.24) is 16.0 Å². The predicted octanol–water partition coefficient (Wildman–Crippen LogP) is 0.0552. The Bertz CT molecular complexity index is 463. The van der Waals surface area contributed by atoms with Gasteiger partial charge in [-0.3, -0.25) is 9.59 Å². The number of carbonyl (C=O) groups excluding carboxylic acids is 3. The Balaban J connectivity index is 4.95. The first-order chi connectivity index (χ1) is 10.7. The number of nitrogens with one attached hydrogen (secondary N) is 3. The molecule has 0 aliphatic rings. The number of hydrogen-bond acceptors (Lipinski definition) is 5. The van der Waals surface area contributed by atoms with Crippen LogP contribution in [0.2, 0.25) is 0 Å². The Labute approximate surface area is 137 Å². The van der Waals surface area contributed by atoms with Crippen molar-refractivity contribution in [3.63, 3.8) is 0 Å². The average molecular weight is 357 g/mol. The van der Waals surface area contributed by atoms with E-state index in [0.717, 1.165) is 0 Å². The second-order valence-electron chi connectivity index (χ2n) is 5.91. The molecule has 0 aromatic carbocycles. The number of ether oxygens (including phenoxy) is 1. The highest BCUT2D eigenvalue weighted by Gasteiger charge is 2.39. The van der Waals surface area contributed by atoms with E-state index in [1.165, 1.54) is 27.8 Å². The zero-order valence-electron chi connectivity index (χ0n) is 13.8. The first kappa shape index (κ1) is 22.0. The first-order valence-corrected chi connectivity index (χ1v) is 6.98. The number of carbonyl (C=O) groups is 3. The molecule has 0 radical (unpaired) electrons. The summed E-state index contributed by atoms with van der Waals surface area (Å²) >= 11 is 0. The standard InChI is InChI=1S/C13H22F3N3O5/c1-12(2,3)24-11(23)19-7(5-13(14,15)16)9(21)10(22)18-6-8(20)17-4/h7,9,21H,5-6H2,1-4H3,(H,17,20)(H,18,22)(H,19,23). The van der Waals surface area contributed by atoms with Crippen molar-refractivity contribution in [3.8, 4) is 0 Å². The third-order valence-corrected chi connectivity index (χ3v) is 2.51. The smallest absolute Gasteiger partial charge is 0.407 e. The molecule has 2 atom stereocenters. The molecule has 140 valence electrons. The van der Waals surface area contributed by atoms with Crippen LogP contribution in [0.4, 0.5) is 18.0 Å². The molecule has 0 rings (SSSR count). The molecule has 0 aliphatic heterocycles. The molecule has 0 spiro atoms. The summed E-state index contributed by atoms with van der Waals surface area (Å²) in [5, 5.41) is 15.7. The van der Waals surface area contributed by atoms with Crippen LogP contribution in [0, 0.1) is 0 Å². The maximum atomic E-state index is 12.6. The van der Waals surface area contributed by atoms with Crippen molar-refractivity contribution in [2.24, 2.45) is 0 Å². The van der Waals surface area contributed by atoms with Gasteiger partial charge in [0, 0.05) is 7.05 Å². The van der Waals surface area contributed by atoms with Gasteiger partial charge in [0.2, 0.25) is 5.91 Å². The van der Waals surface area contributed by atoms with Crippen molar-refractivity contribution < 1.29 is 37.4 Å². The van der Waals surface area contributed by atoms with E-state index in [-0.39, 0.29) is 0 Å². The topological polar surface area (TPSA) is 117 Å². The molecule has 0 fully saturated rings. The van der Waals surface area contributed by atoms with Crippen LogP contribution in [0.5, 0.6) is 0 Å². The summed E-state index contributed by atoms with van der Waals surface area (Å²) in [5.41, 5.74) is -0.973. The molecule has 2 unspecified atom stereocenters. The lowest BCUT2D eigenvalue weighted by atomic mass is 10.1. The van der Waals surface area contributed by atoms with Crippen molar-refractivity contribution in [2.45, 2.75) is 51.1 Å². The maximum Gasteiger partial charge on any atom is 0.407 e. The number of hydrogen-bond donors (Lipinski definition) is 4. The lowest BCUT2D eigenvalue weighted by Gasteiger charge is -2.26. The second kappa shape index (κ2) is 8.71. The van der Waals surface area contributed by atoms with Crippen LogP contribution in [0.1, 0.15) is 27.2 Å². The largest absolute Gasteiger partial charge is 0.444 e. The average Bonchev–Trinajstić information content (AvgIpc) is 2.39. The van der Waals surface area contributed by atoms with Gasteiger partial charge in [-0.15, -0.1) is 0 Å². The van der Waals surface area contributed by atoms with Crippen molar-refractivity contribution in [3.05, 3.63) is 0 Å². The first-order valence-electron chi connectivity index (χ1n) is 6.98. The molecule has 3 amide bonds. The van der Waals surface area contributed by atoms with E-state index in [1.54, 1.807) is 0 Å². The van der Waals surface area contributed by atoms with Crippen LogP contribution >= 0.6 is 0 Å². The lowest BCUT2D eigenvalue weighted by molar-refractivity contribution is -0.151. The highest BCUT2D eigenvalue weighted by Crippen LogP contribution is 2.23. The normalized spacial score (nSPS) is 14.3. The fourth-order valence-electron chi connectivity index (χ4n) is 1.49. The molecule has 0 aliphatic carbocycles. The van der Waals surface area contributed by atoms with Gasteiger partial charge < -0.3 is 25.8 Å². The van der Waals surface area contributed by atoms with Gasteiger partial charge in [-0.2, -0.15) is 13.2 Å². The number of likely N-dealkylation sites (N-methyl/N-ethyl adjacent to an activating group) is 1. The lowest BCUT2D eigenvalue weighted by Crippen LogP contribution is -2.53. The van der Waals surface area contributed by atoms with Crippen LogP contribution in [0.3, 0.4) is 0 Å². The molecule has 0 heterocycles. The van der Waals surface area contributed by atoms with Gasteiger partial charge in [-0.1, -0.05) is 0 Å². The molecule has 0 saturated heterocycles. The summed E-state index contributed by atoms with van der Waals surface area (Å²) in [5.74, 6) is -1.84. The van der Waals surface area contributed by atoms with Gasteiger partial charge in [0.25, 0.3) is 5.91 Å². The summed E-state index contributed by atoms with van der Waals surface area (Å²) in [6.45, 7) is 3.96. The number of rotatable bonds is 6. The molecular weight excluding hydrogens is 335 g/mol. The van der Waals surface area contributed by atoms with Crippen LogP contribution < -0.4 is 16.0 Å². The number of halogens is 3. The van der Waals surface area contributed by atoms with Crippen molar-refractivity contribution in [1.29, 1.82) is 0 Å². The monoisotopic (exact) mass is 357 g/mol. The molecule has 8 nitrogen and oxygen atoms in total. The van der Waals surface area contributed by atoms with Gasteiger partial charge in [-0.25, -0.2) is 4.79 Å².